The van der Waals surface area contributed by atoms with E-state index in [1.807, 2.05) is 0 Å². The summed E-state index contributed by atoms with van der Waals surface area (Å²) >= 11 is 0. The first-order chi connectivity index (χ1) is 19.7. The number of hydrogen-bond acceptors (Lipinski definition) is 0. The van der Waals surface area contributed by atoms with Gasteiger partial charge in [-0.05, 0) is 34.1 Å². The molecule has 0 aliphatic heterocycles. The van der Waals surface area contributed by atoms with Gasteiger partial charge < -0.3 is 45.1 Å². The van der Waals surface area contributed by atoms with Crippen molar-refractivity contribution in [3.63, 3.8) is 0 Å². The summed E-state index contributed by atoms with van der Waals surface area (Å²) in [5.74, 6) is 1.18. The Labute approximate surface area is 297 Å². The fourth-order valence-corrected chi connectivity index (χ4v) is 5.37. The van der Waals surface area contributed by atoms with Crippen LogP contribution in [0.1, 0.15) is 68.2 Å². The second-order valence-corrected chi connectivity index (χ2v) is 11.6. The van der Waals surface area contributed by atoms with E-state index in [0.29, 0.717) is 11.8 Å². The quantitative estimate of drug-likeness (QED) is 0.144. The molecule has 6 aromatic carbocycles. The molecule has 6 aromatic rings. The van der Waals surface area contributed by atoms with Crippen molar-refractivity contribution in [2.45, 2.75) is 59.8 Å². The molecule has 0 radical (unpaired) electrons. The molecule has 0 atom stereocenters. The molecular weight excluding hydrogens is 742 g/mol. The van der Waals surface area contributed by atoms with Gasteiger partial charge in [-0.1, -0.05) is 113 Å². The van der Waals surface area contributed by atoms with Crippen LogP contribution in [0.3, 0.4) is 0 Å². The van der Waals surface area contributed by atoms with E-state index in [9.17, 15) is 0 Å². The van der Waals surface area contributed by atoms with Crippen molar-refractivity contribution in [2.75, 3.05) is 0 Å². The Morgan fingerprint density at radius 3 is 1.16 bits per heavy atom. The van der Waals surface area contributed by atoms with Gasteiger partial charge >= 0.3 is 0 Å². The maximum Gasteiger partial charge on any atom is 0 e. The molecule has 0 amide bonds. The summed E-state index contributed by atoms with van der Waals surface area (Å²) < 4.78 is 0. The molecule has 6 rings (SSSR count). The van der Waals surface area contributed by atoms with E-state index in [1.165, 1.54) is 66.1 Å². The number of benzene rings is 4. The summed E-state index contributed by atoms with van der Waals surface area (Å²) in [6.07, 6.45) is 0.750. The molecule has 0 fully saturated rings. The van der Waals surface area contributed by atoms with Crippen LogP contribution < -0.4 is 24.8 Å². The molecule has 232 valence electrons. The Balaban J connectivity index is 0.000000380. The van der Waals surface area contributed by atoms with Crippen LogP contribution in [0.25, 0.3) is 43.8 Å². The van der Waals surface area contributed by atoms with Gasteiger partial charge in [-0.25, -0.2) is 0 Å². The normalized spacial score (nSPS) is 10.2. The minimum atomic E-state index is 0. The van der Waals surface area contributed by atoms with Crippen LogP contribution in [0.2, 0.25) is 0 Å². The van der Waals surface area contributed by atoms with Crippen molar-refractivity contribution in [1.82, 2.24) is 0 Å². The first-order valence-electron chi connectivity index (χ1n) is 14.8. The largest absolute Gasteiger partial charge is 1.00 e. The number of rotatable bonds is 4. The molecule has 0 N–H and O–H groups in total. The van der Waals surface area contributed by atoms with E-state index in [0.717, 1.165) is 6.42 Å². The average Bonchev–Trinajstić information content (AvgIpc) is 3.54. The second kappa shape index (κ2) is 18.5. The van der Waals surface area contributed by atoms with Crippen molar-refractivity contribution in [2.24, 2.45) is 0 Å². The minimum absolute atomic E-state index is 0. The standard InChI is InChI=1S/2C19H19.C3H6.2ClH.Hf/c2*1-13(2)15-7-9-16(10-8-15)18-6-4-5-17-11-14(3)12-19(17)18;1-3-2;;;/h2*4-13H,1-3H3;1-3H2;2*1H;/q2*-1;-2;;;/p-2. The molecule has 0 nitrogen and oxygen atoms in total. The molecule has 0 saturated heterocycles. The molecule has 0 heterocycles. The molecule has 0 bridgehead atoms. The molecule has 44 heavy (non-hydrogen) atoms. The fraction of sp³-hybridized carbons (Fsp3) is 0.220. The first kappa shape index (κ1) is 39.6. The molecule has 0 spiro atoms. The molecule has 0 aliphatic carbocycles. The summed E-state index contributed by atoms with van der Waals surface area (Å²) in [5.41, 5.74) is 10.7. The predicted molar refractivity (Wildman–Crippen MR) is 183 cm³/mol. The number of fused-ring (bicyclic) bond motifs is 2. The van der Waals surface area contributed by atoms with Crippen LogP contribution in [0, 0.1) is 27.7 Å². The summed E-state index contributed by atoms with van der Waals surface area (Å²) in [4.78, 5) is 0. The van der Waals surface area contributed by atoms with Gasteiger partial charge in [-0.2, -0.15) is 12.1 Å². The smallest absolute Gasteiger partial charge is 0 e. The van der Waals surface area contributed by atoms with Gasteiger partial charge in [0.15, 0.2) is 0 Å². The van der Waals surface area contributed by atoms with Gasteiger partial charge in [0.05, 0.1) is 0 Å². The topological polar surface area (TPSA) is 0 Å². The summed E-state index contributed by atoms with van der Waals surface area (Å²) in [7, 11) is 0. The number of halogens is 2. The molecular formula is C41H44Cl2Hf-6. The van der Waals surface area contributed by atoms with Crippen LogP contribution in [-0.4, -0.2) is 0 Å². The Bertz CT molecular complexity index is 1560. The van der Waals surface area contributed by atoms with Crippen molar-refractivity contribution >= 4 is 21.5 Å². The third-order valence-corrected chi connectivity index (χ3v) is 7.57. The zero-order valence-corrected chi connectivity index (χ0v) is 32.0. The van der Waals surface area contributed by atoms with Gasteiger partial charge in [0.1, 0.15) is 0 Å². The van der Waals surface area contributed by atoms with Crippen LogP contribution in [0.4, 0.5) is 0 Å². The Hall–Kier alpha value is -2.45. The zero-order valence-electron chi connectivity index (χ0n) is 26.9. The summed E-state index contributed by atoms with van der Waals surface area (Å²) in [5, 5.41) is 5.39. The molecule has 0 unspecified atom stereocenters. The van der Waals surface area contributed by atoms with Crippen molar-refractivity contribution in [3.05, 3.63) is 145 Å². The maximum atomic E-state index is 3.38. The van der Waals surface area contributed by atoms with E-state index < -0.39 is 0 Å². The minimum Gasteiger partial charge on any atom is -1.00 e. The van der Waals surface area contributed by atoms with Gasteiger partial charge in [-0.3, -0.25) is 0 Å². The van der Waals surface area contributed by atoms with Crippen LogP contribution in [0.15, 0.2) is 109 Å². The van der Waals surface area contributed by atoms with E-state index in [4.69, 9.17) is 0 Å². The molecule has 0 aliphatic rings. The third kappa shape index (κ3) is 9.77. The van der Waals surface area contributed by atoms with E-state index >= 15 is 0 Å². The maximum absolute atomic E-state index is 3.38. The van der Waals surface area contributed by atoms with E-state index in [2.05, 4.69) is 165 Å². The number of hydrogen-bond donors (Lipinski definition) is 0. The van der Waals surface area contributed by atoms with Crippen molar-refractivity contribution < 1.29 is 50.7 Å². The number of aryl methyl sites for hydroxylation is 2. The molecule has 0 aromatic heterocycles. The monoisotopic (exact) mass is 786 g/mol. The second-order valence-electron chi connectivity index (χ2n) is 11.6. The third-order valence-electron chi connectivity index (χ3n) is 7.57. The van der Waals surface area contributed by atoms with Gasteiger partial charge in [0, 0.05) is 25.8 Å². The zero-order chi connectivity index (χ0) is 29.5. The van der Waals surface area contributed by atoms with Crippen molar-refractivity contribution in [3.8, 4) is 22.3 Å². The predicted octanol–water partition coefficient (Wildman–Crippen LogP) is 6.37. The van der Waals surface area contributed by atoms with Gasteiger partial charge in [0.25, 0.3) is 0 Å². The van der Waals surface area contributed by atoms with Gasteiger partial charge in [0.2, 0.25) is 0 Å². The Kier molecular flexibility index (Phi) is 16.6. The average molecular weight is 786 g/mol. The van der Waals surface area contributed by atoms with Crippen LogP contribution in [-0.2, 0) is 25.8 Å². The SMILES string of the molecule is Cc1cc2c(-c3ccc(C(C)C)cc3)cccc2[cH-]1.Cc1cc2c(-c3ccc(C(C)C)cc3)cccc2[cH-]1.[CH2-]C[CH2-].[Cl-].[Cl-].[Hf]. The van der Waals surface area contributed by atoms with Crippen LogP contribution >= 0.6 is 0 Å². The van der Waals surface area contributed by atoms with Crippen molar-refractivity contribution in [1.29, 1.82) is 0 Å². The fourth-order valence-electron chi connectivity index (χ4n) is 5.37. The molecule has 0 saturated carbocycles. The van der Waals surface area contributed by atoms with E-state index in [1.54, 1.807) is 0 Å². The summed E-state index contributed by atoms with van der Waals surface area (Å²) in [6.45, 7) is 20.0. The Morgan fingerprint density at radius 2 is 0.864 bits per heavy atom. The summed E-state index contributed by atoms with van der Waals surface area (Å²) in [6, 6.07) is 40.1. The van der Waals surface area contributed by atoms with Gasteiger partial charge in [-0.15, -0.1) is 69.1 Å². The van der Waals surface area contributed by atoms with Crippen LogP contribution in [0.5, 0.6) is 0 Å². The Morgan fingerprint density at radius 1 is 0.545 bits per heavy atom. The first-order valence-corrected chi connectivity index (χ1v) is 14.8. The molecule has 3 heteroatoms. The van der Waals surface area contributed by atoms with E-state index in [-0.39, 0.29) is 50.7 Å².